The van der Waals surface area contributed by atoms with Crippen LogP contribution in [-0.2, 0) is 4.74 Å². The molecular weight excluding hydrogens is 156 g/mol. The summed E-state index contributed by atoms with van der Waals surface area (Å²) in [5, 5.41) is 5.33. The van der Waals surface area contributed by atoms with Gasteiger partial charge in [0.05, 0.1) is 12.6 Å². The summed E-state index contributed by atoms with van der Waals surface area (Å²) in [5.74, 6) is 0.314. The van der Waals surface area contributed by atoms with Crippen LogP contribution < -0.4 is 0 Å². The lowest BCUT2D eigenvalue weighted by Gasteiger charge is -2.26. The first-order valence-electron chi connectivity index (χ1n) is 4.01. The molecule has 64 valence electrons. The standard InChI is InChI=1S/C8H10N2O2/c1-2-12-8(11)10-7-4-3-6(7)5-9-10/h3-7H,2H2,1H3. The number of hydrogen-bond acceptors (Lipinski definition) is 3. The van der Waals surface area contributed by atoms with Crippen molar-refractivity contribution < 1.29 is 9.53 Å². The summed E-state index contributed by atoms with van der Waals surface area (Å²) in [4.78, 5) is 11.2. The molecule has 1 amide bonds. The van der Waals surface area contributed by atoms with Gasteiger partial charge in [-0.05, 0) is 6.92 Å². The van der Waals surface area contributed by atoms with Gasteiger partial charge in [0, 0.05) is 12.1 Å². The molecule has 0 aromatic heterocycles. The van der Waals surface area contributed by atoms with E-state index in [4.69, 9.17) is 4.74 Å². The van der Waals surface area contributed by atoms with Crippen molar-refractivity contribution in [3.8, 4) is 0 Å². The van der Waals surface area contributed by atoms with E-state index < -0.39 is 0 Å². The Bertz CT molecular complexity index is 260. The fourth-order valence-corrected chi connectivity index (χ4v) is 1.31. The number of nitrogens with zero attached hydrogens (tertiary/aromatic N) is 2. The number of hydrogen-bond donors (Lipinski definition) is 0. The first kappa shape index (κ1) is 7.34. The summed E-state index contributed by atoms with van der Waals surface area (Å²) < 4.78 is 4.82. The van der Waals surface area contributed by atoms with Gasteiger partial charge in [-0.2, -0.15) is 10.1 Å². The lowest BCUT2D eigenvalue weighted by atomic mass is 9.91. The van der Waals surface area contributed by atoms with Gasteiger partial charge < -0.3 is 4.74 Å². The maximum Gasteiger partial charge on any atom is 0.430 e. The topological polar surface area (TPSA) is 41.9 Å². The average Bonchev–Trinajstić information content (AvgIpc) is 2.27. The van der Waals surface area contributed by atoms with Crippen LogP contribution >= 0.6 is 0 Å². The molecule has 0 fully saturated rings. The van der Waals surface area contributed by atoms with Crippen LogP contribution in [0.25, 0.3) is 0 Å². The van der Waals surface area contributed by atoms with E-state index >= 15 is 0 Å². The Labute approximate surface area is 70.5 Å². The molecule has 4 heteroatoms. The largest absolute Gasteiger partial charge is 0.448 e. The Kier molecular flexibility index (Phi) is 1.60. The monoisotopic (exact) mass is 166 g/mol. The second kappa shape index (κ2) is 2.62. The summed E-state index contributed by atoms with van der Waals surface area (Å²) in [6, 6.07) is 0.115. The van der Waals surface area contributed by atoms with Crippen LogP contribution in [-0.4, -0.2) is 30.0 Å². The summed E-state index contributed by atoms with van der Waals surface area (Å²) in [6.45, 7) is 2.18. The molecule has 4 nitrogen and oxygen atoms in total. The molecule has 2 aliphatic rings. The second-order valence-corrected chi connectivity index (χ2v) is 2.76. The number of amides is 1. The fourth-order valence-electron chi connectivity index (χ4n) is 1.31. The predicted octanol–water partition coefficient (Wildman–Crippen LogP) is 0.999. The molecule has 1 aliphatic heterocycles. The van der Waals surface area contributed by atoms with Crippen molar-refractivity contribution in [2.45, 2.75) is 13.0 Å². The Morgan fingerprint density at radius 1 is 1.67 bits per heavy atom. The first-order chi connectivity index (χ1) is 5.83. The highest BCUT2D eigenvalue weighted by Gasteiger charge is 2.37. The van der Waals surface area contributed by atoms with Crippen molar-refractivity contribution in [1.29, 1.82) is 0 Å². The van der Waals surface area contributed by atoms with Crippen LogP contribution in [0, 0.1) is 5.92 Å². The van der Waals surface area contributed by atoms with Gasteiger partial charge in [-0.25, -0.2) is 4.79 Å². The molecule has 0 aromatic carbocycles. The molecule has 0 bridgehead atoms. The fraction of sp³-hybridized carbons (Fsp3) is 0.500. The SMILES string of the molecule is CCOC(=O)N1N=CC2C=CC21. The van der Waals surface area contributed by atoms with Crippen LogP contribution in [0.4, 0.5) is 4.79 Å². The minimum atomic E-state index is -0.356. The molecule has 0 aromatic rings. The van der Waals surface area contributed by atoms with Crippen LogP contribution in [0.1, 0.15) is 6.92 Å². The van der Waals surface area contributed by atoms with Gasteiger partial charge >= 0.3 is 6.09 Å². The Morgan fingerprint density at radius 3 is 3.00 bits per heavy atom. The number of hydrazone groups is 1. The van der Waals surface area contributed by atoms with Crippen molar-refractivity contribution in [2.75, 3.05) is 6.61 Å². The van der Waals surface area contributed by atoms with Crippen LogP contribution in [0.15, 0.2) is 17.3 Å². The molecule has 0 radical (unpaired) electrons. The maximum absolute atomic E-state index is 11.2. The van der Waals surface area contributed by atoms with E-state index in [9.17, 15) is 4.79 Å². The van der Waals surface area contributed by atoms with Crippen molar-refractivity contribution in [2.24, 2.45) is 11.0 Å². The second-order valence-electron chi connectivity index (χ2n) is 2.76. The Morgan fingerprint density at radius 2 is 2.50 bits per heavy atom. The number of ether oxygens (including phenoxy) is 1. The lowest BCUT2D eigenvalue weighted by Crippen LogP contribution is -2.39. The van der Waals surface area contributed by atoms with Crippen LogP contribution in [0.3, 0.4) is 0 Å². The van der Waals surface area contributed by atoms with Crippen molar-refractivity contribution >= 4 is 12.3 Å². The molecule has 2 atom stereocenters. The van der Waals surface area contributed by atoms with E-state index in [2.05, 4.69) is 5.10 Å². The quantitative estimate of drug-likeness (QED) is 0.545. The molecule has 0 spiro atoms. The zero-order chi connectivity index (χ0) is 8.55. The number of fused-ring (bicyclic) bond motifs is 1. The van der Waals surface area contributed by atoms with Crippen LogP contribution in [0.2, 0.25) is 0 Å². The molecule has 1 heterocycles. The molecule has 2 unspecified atom stereocenters. The van der Waals surface area contributed by atoms with E-state index in [1.165, 1.54) is 5.01 Å². The van der Waals surface area contributed by atoms with E-state index in [0.717, 1.165) is 0 Å². The molecule has 0 saturated heterocycles. The van der Waals surface area contributed by atoms with Gasteiger partial charge in [0.15, 0.2) is 0 Å². The predicted molar refractivity (Wildman–Crippen MR) is 43.8 cm³/mol. The average molecular weight is 166 g/mol. The van der Waals surface area contributed by atoms with Crippen LogP contribution in [0.5, 0.6) is 0 Å². The zero-order valence-corrected chi connectivity index (χ0v) is 6.80. The van der Waals surface area contributed by atoms with Gasteiger partial charge in [-0.1, -0.05) is 12.2 Å². The molecule has 0 saturated carbocycles. The van der Waals surface area contributed by atoms with Gasteiger partial charge in [0.2, 0.25) is 0 Å². The summed E-state index contributed by atoms with van der Waals surface area (Å²) in [5.41, 5.74) is 0. The van der Waals surface area contributed by atoms with Crippen molar-refractivity contribution in [3.63, 3.8) is 0 Å². The molecule has 12 heavy (non-hydrogen) atoms. The molecular formula is C8H10N2O2. The molecule has 0 N–H and O–H groups in total. The van der Waals surface area contributed by atoms with E-state index in [1.807, 2.05) is 12.2 Å². The Balaban J connectivity index is 2.01. The highest BCUT2D eigenvalue weighted by molar-refractivity contribution is 5.78. The minimum Gasteiger partial charge on any atom is -0.448 e. The lowest BCUT2D eigenvalue weighted by molar-refractivity contribution is 0.0993. The maximum atomic E-state index is 11.2. The molecule has 1 aliphatic carbocycles. The number of carbonyl (C=O) groups is 1. The normalized spacial score (nSPS) is 29.9. The zero-order valence-electron chi connectivity index (χ0n) is 6.80. The highest BCUT2D eigenvalue weighted by Crippen LogP contribution is 2.27. The molecule has 2 rings (SSSR count). The number of rotatable bonds is 1. The van der Waals surface area contributed by atoms with Crippen molar-refractivity contribution in [3.05, 3.63) is 12.2 Å². The van der Waals surface area contributed by atoms with E-state index in [1.54, 1.807) is 13.1 Å². The first-order valence-corrected chi connectivity index (χ1v) is 4.01. The van der Waals surface area contributed by atoms with Gasteiger partial charge in [0.25, 0.3) is 0 Å². The van der Waals surface area contributed by atoms with Crippen molar-refractivity contribution in [1.82, 2.24) is 5.01 Å². The van der Waals surface area contributed by atoms with Gasteiger partial charge in [0.1, 0.15) is 0 Å². The smallest absolute Gasteiger partial charge is 0.430 e. The number of carbonyl (C=O) groups excluding carboxylic acids is 1. The third kappa shape index (κ3) is 0.913. The summed E-state index contributed by atoms with van der Waals surface area (Å²) in [7, 11) is 0. The minimum absolute atomic E-state index is 0.115. The van der Waals surface area contributed by atoms with Gasteiger partial charge in [-0.3, -0.25) is 0 Å². The van der Waals surface area contributed by atoms with E-state index in [0.29, 0.717) is 12.5 Å². The Hall–Kier alpha value is -1.32. The third-order valence-electron chi connectivity index (χ3n) is 2.03. The summed E-state index contributed by atoms with van der Waals surface area (Å²) >= 11 is 0. The summed E-state index contributed by atoms with van der Waals surface area (Å²) in [6.07, 6.45) is 5.38. The van der Waals surface area contributed by atoms with E-state index in [-0.39, 0.29) is 12.1 Å². The van der Waals surface area contributed by atoms with Gasteiger partial charge in [-0.15, -0.1) is 0 Å². The highest BCUT2D eigenvalue weighted by atomic mass is 16.6. The third-order valence-corrected chi connectivity index (χ3v) is 2.03.